The Labute approximate surface area is 232 Å². The molecule has 0 aliphatic heterocycles. The van der Waals surface area contributed by atoms with Gasteiger partial charge in [-0.05, 0) is 12.8 Å². The van der Waals surface area contributed by atoms with Gasteiger partial charge in [0.05, 0.1) is 13.2 Å². The molecule has 37 heavy (non-hydrogen) atoms. The minimum absolute atomic E-state index is 0.165. The van der Waals surface area contributed by atoms with Crippen molar-refractivity contribution in [2.45, 2.75) is 187 Å². The van der Waals surface area contributed by atoms with E-state index in [1.807, 2.05) is 0 Å². The number of esters is 1. The fourth-order valence-electron chi connectivity index (χ4n) is 4.92. The smallest absolute Gasteiger partial charge is 0.306 e. The second-order valence-corrected chi connectivity index (χ2v) is 11.3. The van der Waals surface area contributed by atoms with Gasteiger partial charge in [-0.25, -0.2) is 0 Å². The van der Waals surface area contributed by atoms with E-state index >= 15 is 0 Å². The van der Waals surface area contributed by atoms with Crippen LogP contribution in [-0.2, 0) is 14.3 Å². The van der Waals surface area contributed by atoms with Gasteiger partial charge in [-0.2, -0.15) is 0 Å². The number of ether oxygens (including phenoxy) is 2. The number of carbonyl (C=O) groups is 1. The molecule has 1 unspecified atom stereocenters. The van der Waals surface area contributed by atoms with Crippen molar-refractivity contribution >= 4 is 5.97 Å². The summed E-state index contributed by atoms with van der Waals surface area (Å²) in [5, 5.41) is 9.47. The van der Waals surface area contributed by atoms with Crippen LogP contribution in [0.5, 0.6) is 0 Å². The van der Waals surface area contributed by atoms with Crippen LogP contribution in [0.4, 0.5) is 0 Å². The van der Waals surface area contributed by atoms with Gasteiger partial charge in [0, 0.05) is 13.0 Å². The van der Waals surface area contributed by atoms with Crippen LogP contribution in [0.1, 0.15) is 181 Å². The summed E-state index contributed by atoms with van der Waals surface area (Å²) in [5.74, 6) is -0.199. The molecule has 0 spiro atoms. The third-order valence-electron chi connectivity index (χ3n) is 7.43. The minimum atomic E-state index is -0.521. The van der Waals surface area contributed by atoms with Gasteiger partial charge in [0.1, 0.15) is 6.10 Å². The van der Waals surface area contributed by atoms with Gasteiger partial charge in [0.25, 0.3) is 0 Å². The monoisotopic (exact) mass is 526 g/mol. The molecule has 0 fully saturated rings. The quantitative estimate of drug-likeness (QED) is 0.0721. The molecule has 1 atom stereocenters. The zero-order valence-corrected chi connectivity index (χ0v) is 25.3. The topological polar surface area (TPSA) is 55.8 Å². The Morgan fingerprint density at radius 2 is 0.892 bits per heavy atom. The Morgan fingerprint density at radius 3 is 1.27 bits per heavy atom. The van der Waals surface area contributed by atoms with Crippen LogP contribution >= 0.6 is 0 Å². The Morgan fingerprint density at radius 1 is 0.541 bits per heavy atom. The first-order valence-corrected chi connectivity index (χ1v) is 16.6. The molecule has 0 saturated carbocycles. The van der Waals surface area contributed by atoms with Crippen LogP contribution in [0.15, 0.2) is 0 Å². The lowest BCUT2D eigenvalue weighted by atomic mass is 10.0. The SMILES string of the molecule is CCCCCCCCCCCCCCCCCCCCC(=O)OC(CO)COCCCCCCCCC. The maximum Gasteiger partial charge on any atom is 0.306 e. The molecule has 0 aromatic rings. The summed E-state index contributed by atoms with van der Waals surface area (Å²) in [7, 11) is 0. The van der Waals surface area contributed by atoms with Crippen molar-refractivity contribution in [3.8, 4) is 0 Å². The van der Waals surface area contributed by atoms with E-state index in [0.29, 0.717) is 19.6 Å². The summed E-state index contributed by atoms with van der Waals surface area (Å²) in [5.41, 5.74) is 0. The van der Waals surface area contributed by atoms with Gasteiger partial charge in [0.2, 0.25) is 0 Å². The molecule has 0 aromatic carbocycles. The highest BCUT2D eigenvalue weighted by Gasteiger charge is 2.13. The van der Waals surface area contributed by atoms with E-state index < -0.39 is 6.10 Å². The number of aliphatic hydroxyl groups excluding tert-OH is 1. The van der Waals surface area contributed by atoms with Crippen LogP contribution in [0.2, 0.25) is 0 Å². The number of carbonyl (C=O) groups excluding carboxylic acids is 1. The van der Waals surface area contributed by atoms with Gasteiger partial charge in [-0.15, -0.1) is 0 Å². The van der Waals surface area contributed by atoms with Crippen molar-refractivity contribution in [3.05, 3.63) is 0 Å². The maximum atomic E-state index is 12.1. The molecule has 1 N–H and O–H groups in total. The molecule has 0 amide bonds. The molecule has 0 saturated heterocycles. The van der Waals surface area contributed by atoms with E-state index in [0.717, 1.165) is 19.3 Å². The first-order valence-electron chi connectivity index (χ1n) is 16.6. The van der Waals surface area contributed by atoms with Crippen LogP contribution in [-0.4, -0.2) is 37.0 Å². The van der Waals surface area contributed by atoms with E-state index in [9.17, 15) is 9.90 Å². The maximum absolute atomic E-state index is 12.1. The van der Waals surface area contributed by atoms with Crippen molar-refractivity contribution in [1.82, 2.24) is 0 Å². The molecular formula is C33H66O4. The summed E-state index contributed by atoms with van der Waals surface area (Å²) in [4.78, 5) is 12.1. The standard InChI is InChI=1S/C33H66O4/c1-3-5-7-9-11-12-13-14-15-16-17-18-19-20-21-22-24-26-28-33(35)37-32(30-34)31-36-29-27-25-23-10-8-6-4-2/h32,34H,3-31H2,1-2H3. The number of unbranched alkanes of at least 4 members (excludes halogenated alkanes) is 23. The fraction of sp³-hybridized carbons (Fsp3) is 0.970. The summed E-state index contributed by atoms with van der Waals surface area (Å²) in [6, 6.07) is 0. The van der Waals surface area contributed by atoms with Crippen LogP contribution in [0, 0.1) is 0 Å². The van der Waals surface area contributed by atoms with E-state index in [1.54, 1.807) is 0 Å². The minimum Gasteiger partial charge on any atom is -0.457 e. The van der Waals surface area contributed by atoms with Crippen molar-refractivity contribution in [2.75, 3.05) is 19.8 Å². The van der Waals surface area contributed by atoms with Crippen molar-refractivity contribution in [3.63, 3.8) is 0 Å². The lowest BCUT2D eigenvalue weighted by Gasteiger charge is -2.15. The van der Waals surface area contributed by atoms with Crippen LogP contribution in [0.25, 0.3) is 0 Å². The fourth-order valence-corrected chi connectivity index (χ4v) is 4.92. The van der Waals surface area contributed by atoms with Crippen molar-refractivity contribution in [2.24, 2.45) is 0 Å². The Bertz CT molecular complexity index is 440. The lowest BCUT2D eigenvalue weighted by molar-refractivity contribution is -0.154. The Kier molecular flexibility index (Phi) is 31.1. The predicted molar refractivity (Wildman–Crippen MR) is 159 cm³/mol. The average Bonchev–Trinajstić information content (AvgIpc) is 2.90. The highest BCUT2D eigenvalue weighted by atomic mass is 16.6. The summed E-state index contributed by atoms with van der Waals surface area (Å²) >= 11 is 0. The third kappa shape index (κ3) is 29.8. The molecule has 222 valence electrons. The van der Waals surface area contributed by atoms with E-state index in [1.165, 1.54) is 141 Å². The van der Waals surface area contributed by atoms with E-state index in [-0.39, 0.29) is 12.6 Å². The predicted octanol–water partition coefficient (Wildman–Crippen LogP) is 10.1. The average molecular weight is 527 g/mol. The Hall–Kier alpha value is -0.610. The van der Waals surface area contributed by atoms with Gasteiger partial charge >= 0.3 is 5.97 Å². The summed E-state index contributed by atoms with van der Waals surface area (Å²) in [6.45, 7) is 5.34. The molecule has 4 nitrogen and oxygen atoms in total. The highest BCUT2D eigenvalue weighted by Crippen LogP contribution is 2.15. The van der Waals surface area contributed by atoms with Gasteiger partial charge in [-0.1, -0.05) is 162 Å². The second kappa shape index (κ2) is 31.6. The van der Waals surface area contributed by atoms with E-state index in [2.05, 4.69) is 13.8 Å². The van der Waals surface area contributed by atoms with E-state index in [4.69, 9.17) is 9.47 Å². The van der Waals surface area contributed by atoms with Crippen molar-refractivity contribution < 1.29 is 19.4 Å². The summed E-state index contributed by atoms with van der Waals surface area (Å²) in [6.07, 6.45) is 32.8. The lowest BCUT2D eigenvalue weighted by Crippen LogP contribution is -2.27. The number of hydrogen-bond acceptors (Lipinski definition) is 4. The molecule has 0 rings (SSSR count). The van der Waals surface area contributed by atoms with Gasteiger partial charge < -0.3 is 14.6 Å². The third-order valence-corrected chi connectivity index (χ3v) is 7.43. The molecule has 0 aromatic heterocycles. The zero-order chi connectivity index (χ0) is 27.1. The largest absolute Gasteiger partial charge is 0.457 e. The first-order chi connectivity index (χ1) is 18.2. The first kappa shape index (κ1) is 36.4. The number of hydrogen-bond donors (Lipinski definition) is 1. The highest BCUT2D eigenvalue weighted by molar-refractivity contribution is 5.69. The van der Waals surface area contributed by atoms with Gasteiger partial charge in [0.15, 0.2) is 0 Å². The second-order valence-electron chi connectivity index (χ2n) is 11.3. The molecular weight excluding hydrogens is 460 g/mol. The number of rotatable bonds is 31. The molecule has 4 heteroatoms. The van der Waals surface area contributed by atoms with Crippen LogP contribution < -0.4 is 0 Å². The number of aliphatic hydroxyl groups is 1. The van der Waals surface area contributed by atoms with Crippen molar-refractivity contribution in [1.29, 1.82) is 0 Å². The summed E-state index contributed by atoms with van der Waals surface area (Å²) < 4.78 is 11.0. The molecule has 0 bridgehead atoms. The van der Waals surface area contributed by atoms with Crippen LogP contribution in [0.3, 0.4) is 0 Å². The Balaban J connectivity index is 3.36. The molecule has 0 aliphatic rings. The molecule has 0 radical (unpaired) electrons. The van der Waals surface area contributed by atoms with Gasteiger partial charge in [-0.3, -0.25) is 4.79 Å². The molecule has 0 heterocycles. The normalized spacial score (nSPS) is 12.2. The molecule has 0 aliphatic carbocycles. The zero-order valence-electron chi connectivity index (χ0n) is 25.3.